The number of hydrogen-bond acceptors (Lipinski definition) is 5. The normalized spacial score (nSPS) is 22.5. The Balaban J connectivity index is 2.14. The number of benzene rings is 1. The van der Waals surface area contributed by atoms with Crippen molar-refractivity contribution in [3.05, 3.63) is 36.2 Å². The number of carboxylic acid groups (broad SMARTS) is 2. The van der Waals surface area contributed by atoms with Crippen LogP contribution in [0.4, 0.5) is 9.59 Å². The van der Waals surface area contributed by atoms with E-state index in [9.17, 15) is 19.8 Å². The number of piperazine rings is 1. The van der Waals surface area contributed by atoms with Crippen LogP contribution in [0.3, 0.4) is 0 Å². The van der Waals surface area contributed by atoms with Crippen LogP contribution in [0.15, 0.2) is 35.2 Å². The Labute approximate surface area is 181 Å². The molecule has 2 amide bonds. The highest BCUT2D eigenvalue weighted by atomic mass is 16.5. The predicted octanol–water partition coefficient (Wildman–Crippen LogP) is 4.58. The van der Waals surface area contributed by atoms with E-state index < -0.39 is 41.1 Å². The fourth-order valence-electron chi connectivity index (χ4n) is 4.43. The van der Waals surface area contributed by atoms with Gasteiger partial charge in [0.15, 0.2) is 0 Å². The molecule has 1 aliphatic rings. The second-order valence-electron chi connectivity index (χ2n) is 10.1. The van der Waals surface area contributed by atoms with E-state index in [0.29, 0.717) is 11.4 Å². The zero-order valence-electron chi connectivity index (χ0n) is 18.7. The first-order valence-electron chi connectivity index (χ1n) is 10.2. The minimum Gasteiger partial charge on any atom is -0.465 e. The van der Waals surface area contributed by atoms with E-state index in [0.717, 1.165) is 5.56 Å². The molecule has 168 valence electrons. The van der Waals surface area contributed by atoms with Gasteiger partial charge >= 0.3 is 12.2 Å². The zero-order chi connectivity index (χ0) is 23.1. The lowest BCUT2D eigenvalue weighted by Gasteiger charge is -2.57. The van der Waals surface area contributed by atoms with Gasteiger partial charge in [0.25, 0.3) is 0 Å². The Morgan fingerprint density at radius 3 is 2.03 bits per heavy atom. The number of carbonyl (C=O) groups is 2. The minimum atomic E-state index is -1.07. The molecule has 1 aromatic carbocycles. The van der Waals surface area contributed by atoms with Crippen molar-refractivity contribution in [3.63, 3.8) is 0 Å². The van der Waals surface area contributed by atoms with Crippen molar-refractivity contribution in [2.45, 2.75) is 59.7 Å². The average molecular weight is 431 g/mol. The number of amides is 2. The summed E-state index contributed by atoms with van der Waals surface area (Å²) in [5, 5.41) is 24.1. The van der Waals surface area contributed by atoms with Gasteiger partial charge in [0, 0.05) is 12.1 Å². The van der Waals surface area contributed by atoms with Crippen molar-refractivity contribution in [2.24, 2.45) is 10.8 Å². The fourth-order valence-corrected chi connectivity index (χ4v) is 4.43. The quantitative estimate of drug-likeness (QED) is 0.715. The molecule has 9 heteroatoms. The molecular weight excluding hydrogens is 400 g/mol. The van der Waals surface area contributed by atoms with Crippen molar-refractivity contribution < 1.29 is 24.3 Å². The topological polar surface area (TPSA) is 120 Å². The summed E-state index contributed by atoms with van der Waals surface area (Å²) >= 11 is 0. The highest BCUT2D eigenvalue weighted by molar-refractivity contribution is 5.70. The van der Waals surface area contributed by atoms with E-state index in [4.69, 9.17) is 4.52 Å². The van der Waals surface area contributed by atoms with Gasteiger partial charge in [0.2, 0.25) is 12.2 Å². The van der Waals surface area contributed by atoms with E-state index in [1.54, 1.807) is 12.1 Å². The Bertz CT molecular complexity index is 928. The maximum Gasteiger partial charge on any atom is 0.407 e. The number of nitrogens with zero attached hydrogens (tertiary/aromatic N) is 4. The lowest BCUT2D eigenvalue weighted by atomic mass is 9.72. The van der Waals surface area contributed by atoms with E-state index in [1.165, 1.54) is 16.2 Å². The highest BCUT2D eigenvalue weighted by Gasteiger charge is 2.53. The zero-order valence-corrected chi connectivity index (χ0v) is 18.7. The van der Waals surface area contributed by atoms with Crippen LogP contribution in [0.1, 0.15) is 53.1 Å². The van der Waals surface area contributed by atoms with Gasteiger partial charge in [-0.1, -0.05) is 71.0 Å². The van der Waals surface area contributed by atoms with E-state index in [1.807, 2.05) is 53.7 Å². The minimum absolute atomic E-state index is 0.0922. The molecule has 1 aromatic heterocycles. The molecule has 0 radical (unpaired) electrons. The summed E-state index contributed by atoms with van der Waals surface area (Å²) in [4.78, 5) is 31.7. The van der Waals surface area contributed by atoms with Gasteiger partial charge in [-0.3, -0.25) is 9.80 Å². The third kappa shape index (κ3) is 4.35. The molecule has 3 rings (SSSR count). The van der Waals surface area contributed by atoms with E-state index in [2.05, 4.69) is 10.1 Å². The first kappa shape index (κ1) is 22.6. The van der Waals surface area contributed by atoms with Gasteiger partial charge < -0.3 is 14.7 Å². The van der Waals surface area contributed by atoms with Crippen molar-refractivity contribution in [1.29, 1.82) is 0 Å². The van der Waals surface area contributed by atoms with Crippen LogP contribution in [0.2, 0.25) is 0 Å². The van der Waals surface area contributed by atoms with Crippen LogP contribution in [-0.4, -0.2) is 61.0 Å². The molecule has 2 N–H and O–H groups in total. The SMILES string of the molecule is CC(C)(C)C1CN(C(=O)O)[C@@H](c2ccc(-c3ncon3)cc2)C(C(C)(C)C)N1C(=O)O. The fraction of sp³-hybridized carbons (Fsp3) is 0.545. The summed E-state index contributed by atoms with van der Waals surface area (Å²) in [5.74, 6) is 0.428. The first-order chi connectivity index (χ1) is 14.3. The molecule has 1 fully saturated rings. The summed E-state index contributed by atoms with van der Waals surface area (Å²) in [6, 6.07) is 5.47. The van der Waals surface area contributed by atoms with Crippen LogP contribution in [-0.2, 0) is 0 Å². The molecule has 0 spiro atoms. The lowest BCUT2D eigenvalue weighted by Crippen LogP contribution is -2.68. The summed E-state index contributed by atoms with van der Waals surface area (Å²) in [6.07, 6.45) is -0.872. The monoisotopic (exact) mass is 430 g/mol. The van der Waals surface area contributed by atoms with Crippen molar-refractivity contribution in [1.82, 2.24) is 19.9 Å². The van der Waals surface area contributed by atoms with Crippen LogP contribution < -0.4 is 0 Å². The Kier molecular flexibility index (Phi) is 5.73. The maximum atomic E-state index is 12.5. The Morgan fingerprint density at radius 2 is 1.61 bits per heavy atom. The second kappa shape index (κ2) is 7.86. The molecule has 3 atom stereocenters. The molecule has 2 unspecified atom stereocenters. The first-order valence-corrected chi connectivity index (χ1v) is 10.2. The number of aromatic nitrogens is 2. The van der Waals surface area contributed by atoms with Crippen LogP contribution in [0.25, 0.3) is 11.4 Å². The van der Waals surface area contributed by atoms with E-state index in [-0.39, 0.29) is 6.54 Å². The molecule has 31 heavy (non-hydrogen) atoms. The molecule has 2 heterocycles. The summed E-state index contributed by atoms with van der Waals surface area (Å²) in [6.45, 7) is 11.7. The standard InChI is InChI=1S/C22H30N4O5/c1-21(2,3)15-11-25(19(27)28)16(17(22(4,5)6)26(15)20(29)30)13-7-9-14(10-8-13)18-23-12-31-24-18/h7-10,12,15-17H,11H2,1-6H3,(H,27,28)(H,29,30)/t15?,16-,17?/m0/s1. The van der Waals surface area contributed by atoms with Crippen LogP contribution in [0, 0.1) is 10.8 Å². The summed E-state index contributed by atoms with van der Waals surface area (Å²) < 4.78 is 4.79. The molecule has 0 bridgehead atoms. The molecular formula is C22H30N4O5. The highest BCUT2D eigenvalue weighted by Crippen LogP contribution is 2.45. The van der Waals surface area contributed by atoms with Crippen molar-refractivity contribution in [3.8, 4) is 11.4 Å². The molecule has 1 aliphatic heterocycles. The van der Waals surface area contributed by atoms with Gasteiger partial charge in [-0.15, -0.1) is 0 Å². The third-order valence-corrected chi connectivity index (χ3v) is 5.87. The van der Waals surface area contributed by atoms with E-state index >= 15 is 0 Å². The Hall–Kier alpha value is -3.10. The van der Waals surface area contributed by atoms with Gasteiger partial charge in [-0.05, 0) is 16.4 Å². The predicted molar refractivity (Wildman–Crippen MR) is 114 cm³/mol. The lowest BCUT2D eigenvalue weighted by molar-refractivity contribution is -0.0723. The number of hydrogen-bond donors (Lipinski definition) is 2. The van der Waals surface area contributed by atoms with Gasteiger partial charge in [0.1, 0.15) is 0 Å². The molecule has 1 saturated heterocycles. The average Bonchev–Trinajstić information content (AvgIpc) is 3.19. The molecule has 9 nitrogen and oxygen atoms in total. The molecule has 2 aromatic rings. The summed E-state index contributed by atoms with van der Waals surface area (Å²) in [5.41, 5.74) is 0.481. The number of rotatable bonds is 2. The van der Waals surface area contributed by atoms with Gasteiger partial charge in [0.05, 0.1) is 18.1 Å². The van der Waals surface area contributed by atoms with Crippen molar-refractivity contribution in [2.75, 3.05) is 6.54 Å². The maximum absolute atomic E-state index is 12.5. The summed E-state index contributed by atoms with van der Waals surface area (Å²) in [7, 11) is 0. The smallest absolute Gasteiger partial charge is 0.407 e. The molecule has 0 aliphatic carbocycles. The largest absolute Gasteiger partial charge is 0.465 e. The Morgan fingerprint density at radius 1 is 1.00 bits per heavy atom. The molecule has 0 saturated carbocycles. The van der Waals surface area contributed by atoms with Crippen LogP contribution >= 0.6 is 0 Å². The third-order valence-electron chi connectivity index (χ3n) is 5.87. The second-order valence-corrected chi connectivity index (χ2v) is 10.1. The van der Waals surface area contributed by atoms with Gasteiger partial charge in [-0.2, -0.15) is 4.98 Å². The van der Waals surface area contributed by atoms with Crippen LogP contribution in [0.5, 0.6) is 0 Å². The van der Waals surface area contributed by atoms with Gasteiger partial charge in [-0.25, -0.2) is 9.59 Å². The van der Waals surface area contributed by atoms with Crippen molar-refractivity contribution >= 4 is 12.2 Å².